The van der Waals surface area contributed by atoms with E-state index >= 15 is 0 Å². The second kappa shape index (κ2) is 5.17. The molecule has 1 aromatic heterocycles. The molecule has 0 aliphatic rings. The van der Waals surface area contributed by atoms with Crippen molar-refractivity contribution in [2.45, 2.75) is 6.54 Å². The second-order valence-electron chi connectivity index (χ2n) is 3.69. The van der Waals surface area contributed by atoms with Crippen LogP contribution in [0.25, 0.3) is 0 Å². The molecule has 0 fully saturated rings. The first-order valence-electron chi connectivity index (χ1n) is 5.26. The summed E-state index contributed by atoms with van der Waals surface area (Å²) in [5.41, 5.74) is -0.00105. The van der Waals surface area contributed by atoms with E-state index in [1.807, 2.05) is 0 Å². The van der Waals surface area contributed by atoms with Crippen molar-refractivity contribution in [1.82, 2.24) is 15.0 Å². The number of nitrogens with zero attached hydrogens (tertiary/aromatic N) is 3. The van der Waals surface area contributed by atoms with Gasteiger partial charge in [0.2, 0.25) is 5.91 Å². The van der Waals surface area contributed by atoms with Crippen LogP contribution in [0.4, 0.5) is 5.69 Å². The molecule has 0 atom stereocenters. The van der Waals surface area contributed by atoms with Gasteiger partial charge >= 0.3 is 5.97 Å². The van der Waals surface area contributed by atoms with Gasteiger partial charge in [-0.15, -0.1) is 5.10 Å². The summed E-state index contributed by atoms with van der Waals surface area (Å²) in [7, 11) is 0. The zero-order valence-electron chi connectivity index (χ0n) is 9.65. The quantitative estimate of drug-likeness (QED) is 0.683. The Bertz CT molecular complexity index is 609. The summed E-state index contributed by atoms with van der Waals surface area (Å²) >= 11 is 0. The van der Waals surface area contributed by atoms with Crippen LogP contribution in [-0.4, -0.2) is 37.1 Å². The number of hydrogen-bond acceptors (Lipinski definition) is 5. The van der Waals surface area contributed by atoms with Gasteiger partial charge in [-0.05, 0) is 18.2 Å². The SMILES string of the molecule is O=C(Cn1ccnn1)Nc1ccc(O)c(C(=O)O)c1. The lowest BCUT2D eigenvalue weighted by Crippen LogP contribution is -2.19. The van der Waals surface area contributed by atoms with Crippen molar-refractivity contribution in [2.75, 3.05) is 5.32 Å². The van der Waals surface area contributed by atoms with E-state index in [0.29, 0.717) is 0 Å². The number of aromatic carboxylic acids is 1. The van der Waals surface area contributed by atoms with Crippen LogP contribution in [0.1, 0.15) is 10.4 Å². The number of rotatable bonds is 4. The number of carbonyl (C=O) groups is 2. The molecular weight excluding hydrogens is 252 g/mol. The van der Waals surface area contributed by atoms with Gasteiger partial charge < -0.3 is 15.5 Å². The fourth-order valence-corrected chi connectivity index (χ4v) is 1.45. The van der Waals surface area contributed by atoms with Gasteiger partial charge in [-0.1, -0.05) is 5.21 Å². The standard InChI is InChI=1S/C11H10N4O4/c16-9-2-1-7(5-8(9)11(18)19)13-10(17)6-15-4-3-12-14-15/h1-5,16H,6H2,(H,13,17)(H,18,19). The highest BCUT2D eigenvalue weighted by atomic mass is 16.4. The second-order valence-corrected chi connectivity index (χ2v) is 3.69. The molecule has 0 aliphatic carbocycles. The Labute approximate surface area is 107 Å². The summed E-state index contributed by atoms with van der Waals surface area (Å²) in [5.74, 6) is -2.01. The predicted molar refractivity (Wildman–Crippen MR) is 63.7 cm³/mol. The maximum Gasteiger partial charge on any atom is 0.339 e. The molecule has 0 aliphatic heterocycles. The molecule has 8 nitrogen and oxygen atoms in total. The molecule has 0 radical (unpaired) electrons. The van der Waals surface area contributed by atoms with E-state index < -0.39 is 5.97 Å². The monoisotopic (exact) mass is 262 g/mol. The third-order valence-corrected chi connectivity index (χ3v) is 2.29. The summed E-state index contributed by atoms with van der Waals surface area (Å²) in [6.07, 6.45) is 2.97. The van der Waals surface area contributed by atoms with Crippen LogP contribution in [0, 0.1) is 0 Å². The zero-order valence-corrected chi connectivity index (χ0v) is 9.65. The third kappa shape index (κ3) is 3.06. The highest BCUT2D eigenvalue weighted by molar-refractivity contribution is 5.95. The minimum Gasteiger partial charge on any atom is -0.507 e. The van der Waals surface area contributed by atoms with Crippen molar-refractivity contribution >= 4 is 17.6 Å². The normalized spacial score (nSPS) is 10.1. The number of benzene rings is 1. The molecule has 1 aromatic carbocycles. The summed E-state index contributed by atoms with van der Waals surface area (Å²) in [6, 6.07) is 3.78. The molecule has 1 amide bonds. The molecule has 0 saturated carbocycles. The van der Waals surface area contributed by atoms with Gasteiger partial charge in [0.1, 0.15) is 17.9 Å². The molecule has 3 N–H and O–H groups in total. The zero-order chi connectivity index (χ0) is 13.8. The number of nitrogens with one attached hydrogen (secondary N) is 1. The number of anilines is 1. The summed E-state index contributed by atoms with van der Waals surface area (Å²) in [6.45, 7) is -0.0384. The van der Waals surface area contributed by atoms with Crippen molar-refractivity contribution in [3.8, 4) is 5.75 Å². The number of amides is 1. The summed E-state index contributed by atoms with van der Waals surface area (Å²) in [4.78, 5) is 22.5. The number of phenols is 1. The Morgan fingerprint density at radius 3 is 2.79 bits per heavy atom. The Kier molecular flexibility index (Phi) is 3.42. The number of hydrogen-bond donors (Lipinski definition) is 3. The van der Waals surface area contributed by atoms with Gasteiger partial charge in [0.25, 0.3) is 0 Å². The first kappa shape index (κ1) is 12.6. The highest BCUT2D eigenvalue weighted by Crippen LogP contribution is 2.21. The van der Waals surface area contributed by atoms with E-state index in [-0.39, 0.29) is 29.5 Å². The van der Waals surface area contributed by atoms with Crippen LogP contribution in [0.5, 0.6) is 5.75 Å². The van der Waals surface area contributed by atoms with E-state index in [1.165, 1.54) is 35.3 Å². The molecule has 0 bridgehead atoms. The minimum absolute atomic E-state index is 0.0384. The molecular formula is C11H10N4O4. The molecule has 2 aromatic rings. The molecule has 19 heavy (non-hydrogen) atoms. The van der Waals surface area contributed by atoms with E-state index in [9.17, 15) is 14.7 Å². The van der Waals surface area contributed by atoms with Crippen molar-refractivity contribution < 1.29 is 19.8 Å². The Morgan fingerprint density at radius 2 is 2.16 bits per heavy atom. The fourth-order valence-electron chi connectivity index (χ4n) is 1.45. The first-order valence-corrected chi connectivity index (χ1v) is 5.26. The fraction of sp³-hybridized carbons (Fsp3) is 0.0909. The third-order valence-electron chi connectivity index (χ3n) is 2.29. The Hall–Kier alpha value is -2.90. The Morgan fingerprint density at radius 1 is 1.37 bits per heavy atom. The van der Waals surface area contributed by atoms with Gasteiger partial charge in [-0.25, -0.2) is 9.48 Å². The van der Waals surface area contributed by atoms with E-state index in [2.05, 4.69) is 15.6 Å². The van der Waals surface area contributed by atoms with E-state index in [1.54, 1.807) is 0 Å². The molecule has 0 saturated heterocycles. The number of carboxylic acids is 1. The van der Waals surface area contributed by atoms with E-state index in [4.69, 9.17) is 5.11 Å². The molecule has 98 valence electrons. The van der Waals surface area contributed by atoms with Crippen molar-refractivity contribution in [1.29, 1.82) is 0 Å². The molecule has 1 heterocycles. The lowest BCUT2D eigenvalue weighted by Gasteiger charge is -2.07. The smallest absolute Gasteiger partial charge is 0.339 e. The number of carboxylic acid groups (broad SMARTS) is 1. The van der Waals surface area contributed by atoms with Gasteiger partial charge in [-0.2, -0.15) is 0 Å². The van der Waals surface area contributed by atoms with Gasteiger partial charge in [0, 0.05) is 11.9 Å². The van der Waals surface area contributed by atoms with Crippen LogP contribution < -0.4 is 5.32 Å². The molecule has 0 spiro atoms. The highest BCUT2D eigenvalue weighted by Gasteiger charge is 2.11. The lowest BCUT2D eigenvalue weighted by atomic mass is 10.2. The van der Waals surface area contributed by atoms with Gasteiger partial charge in [-0.3, -0.25) is 4.79 Å². The van der Waals surface area contributed by atoms with Crippen molar-refractivity contribution in [3.63, 3.8) is 0 Å². The van der Waals surface area contributed by atoms with Crippen LogP contribution in [0.15, 0.2) is 30.6 Å². The summed E-state index contributed by atoms with van der Waals surface area (Å²) in [5, 5.41) is 27.9. The average molecular weight is 262 g/mol. The van der Waals surface area contributed by atoms with E-state index in [0.717, 1.165) is 0 Å². The first-order chi connectivity index (χ1) is 9.06. The van der Waals surface area contributed by atoms with Crippen molar-refractivity contribution in [3.05, 3.63) is 36.2 Å². The number of aromatic hydroxyl groups is 1. The van der Waals surface area contributed by atoms with Crippen molar-refractivity contribution in [2.24, 2.45) is 0 Å². The largest absolute Gasteiger partial charge is 0.507 e. The maximum atomic E-state index is 11.6. The topological polar surface area (TPSA) is 117 Å². The number of carbonyl (C=O) groups excluding carboxylic acids is 1. The van der Waals surface area contributed by atoms with Gasteiger partial charge in [0.05, 0.1) is 6.20 Å². The minimum atomic E-state index is -1.27. The predicted octanol–water partition coefficient (Wildman–Crippen LogP) is 0.321. The molecule has 2 rings (SSSR count). The maximum absolute atomic E-state index is 11.6. The average Bonchev–Trinajstić information content (AvgIpc) is 2.84. The molecule has 0 unspecified atom stereocenters. The molecule has 8 heteroatoms. The van der Waals surface area contributed by atoms with Gasteiger partial charge in [0.15, 0.2) is 0 Å². The van der Waals surface area contributed by atoms with Crippen LogP contribution >= 0.6 is 0 Å². The Balaban J connectivity index is 2.09. The van der Waals surface area contributed by atoms with Crippen LogP contribution in [0.3, 0.4) is 0 Å². The summed E-state index contributed by atoms with van der Waals surface area (Å²) < 4.78 is 1.33. The van der Waals surface area contributed by atoms with Crippen LogP contribution in [0.2, 0.25) is 0 Å². The number of aromatic nitrogens is 3. The lowest BCUT2D eigenvalue weighted by molar-refractivity contribution is -0.116. The van der Waals surface area contributed by atoms with Crippen LogP contribution in [-0.2, 0) is 11.3 Å².